The van der Waals surface area contributed by atoms with E-state index in [1.165, 1.54) is 12.8 Å². The van der Waals surface area contributed by atoms with Crippen LogP contribution in [0.4, 0.5) is 5.95 Å². The predicted molar refractivity (Wildman–Crippen MR) is 70.8 cm³/mol. The molecule has 1 aromatic heterocycles. The zero-order valence-corrected chi connectivity index (χ0v) is 10.9. The normalized spacial score (nSPS) is 19.2. The maximum absolute atomic E-state index is 4.24. The van der Waals surface area contributed by atoms with Crippen LogP contribution in [0.5, 0.6) is 0 Å². The lowest BCUT2D eigenvalue weighted by atomic mass is 10.1. The molecule has 0 bridgehead atoms. The van der Waals surface area contributed by atoms with Gasteiger partial charge in [-0.2, -0.15) is 0 Å². The van der Waals surface area contributed by atoms with Crippen molar-refractivity contribution in [2.24, 2.45) is 0 Å². The number of anilines is 1. The van der Waals surface area contributed by atoms with Crippen LogP contribution >= 0.6 is 24.8 Å². The van der Waals surface area contributed by atoms with Crippen LogP contribution in [0.3, 0.4) is 0 Å². The van der Waals surface area contributed by atoms with Gasteiger partial charge in [0.15, 0.2) is 0 Å². The van der Waals surface area contributed by atoms with Gasteiger partial charge in [-0.3, -0.25) is 0 Å². The van der Waals surface area contributed by atoms with E-state index >= 15 is 0 Å². The van der Waals surface area contributed by atoms with Crippen LogP contribution in [0.25, 0.3) is 0 Å². The van der Waals surface area contributed by atoms with Gasteiger partial charge < -0.3 is 10.2 Å². The first-order chi connectivity index (χ1) is 6.88. The van der Waals surface area contributed by atoms with Crippen LogP contribution in [-0.2, 0) is 0 Å². The Morgan fingerprint density at radius 3 is 2.56 bits per heavy atom. The monoisotopic (exact) mass is 264 g/mol. The Hall–Kier alpha value is -0.580. The van der Waals surface area contributed by atoms with Crippen LogP contribution in [-0.4, -0.2) is 36.1 Å². The number of rotatable bonds is 2. The fraction of sp³-hybridized carbons (Fsp3) is 0.600. The highest BCUT2D eigenvalue weighted by atomic mass is 35.5. The van der Waals surface area contributed by atoms with E-state index in [2.05, 4.69) is 27.2 Å². The predicted octanol–water partition coefficient (Wildman–Crippen LogP) is 1.51. The highest BCUT2D eigenvalue weighted by molar-refractivity contribution is 5.85. The molecule has 1 saturated heterocycles. The summed E-state index contributed by atoms with van der Waals surface area (Å²) in [7, 11) is 2.06. The number of nitrogens with zero attached hydrogens (tertiary/aromatic N) is 3. The smallest absolute Gasteiger partial charge is 0.225 e. The van der Waals surface area contributed by atoms with Gasteiger partial charge in [-0.15, -0.1) is 24.8 Å². The van der Waals surface area contributed by atoms with Crippen LogP contribution in [0.15, 0.2) is 18.5 Å². The van der Waals surface area contributed by atoms with E-state index in [0.29, 0.717) is 6.04 Å². The van der Waals surface area contributed by atoms with E-state index in [1.54, 1.807) is 12.4 Å². The highest BCUT2D eigenvalue weighted by Gasteiger charge is 2.18. The third-order valence-corrected chi connectivity index (χ3v) is 2.69. The fourth-order valence-corrected chi connectivity index (χ4v) is 1.80. The van der Waals surface area contributed by atoms with Gasteiger partial charge in [-0.05, 0) is 25.5 Å². The van der Waals surface area contributed by atoms with Crippen molar-refractivity contribution in [1.29, 1.82) is 0 Å². The molecule has 1 atom stereocenters. The SMILES string of the molecule is CN(c1ncccn1)C1CCCNC1.Cl.Cl. The highest BCUT2D eigenvalue weighted by Crippen LogP contribution is 2.13. The maximum Gasteiger partial charge on any atom is 0.225 e. The summed E-state index contributed by atoms with van der Waals surface area (Å²) in [5.74, 6) is 0.821. The average molecular weight is 265 g/mol. The molecule has 1 unspecified atom stereocenters. The van der Waals surface area contributed by atoms with Crippen LogP contribution in [0, 0.1) is 0 Å². The quantitative estimate of drug-likeness (QED) is 0.880. The summed E-state index contributed by atoms with van der Waals surface area (Å²) in [6.07, 6.45) is 6.04. The number of hydrogen-bond acceptors (Lipinski definition) is 4. The molecule has 1 aliphatic rings. The van der Waals surface area contributed by atoms with E-state index in [1.807, 2.05) is 6.07 Å². The Kier molecular flexibility index (Phi) is 7.38. The second-order valence-electron chi connectivity index (χ2n) is 3.66. The Balaban J connectivity index is 0.00000112. The molecule has 1 aliphatic heterocycles. The molecule has 1 fully saturated rings. The van der Waals surface area contributed by atoms with E-state index in [-0.39, 0.29) is 24.8 Å². The molecule has 0 radical (unpaired) electrons. The lowest BCUT2D eigenvalue weighted by Gasteiger charge is -2.31. The second-order valence-corrected chi connectivity index (χ2v) is 3.66. The average Bonchev–Trinajstić information content (AvgIpc) is 2.30. The molecule has 0 aliphatic carbocycles. The van der Waals surface area contributed by atoms with Gasteiger partial charge in [-0.1, -0.05) is 0 Å². The number of piperidine rings is 1. The first-order valence-electron chi connectivity index (χ1n) is 5.08. The van der Waals surface area contributed by atoms with Crippen LogP contribution in [0.1, 0.15) is 12.8 Å². The van der Waals surface area contributed by atoms with Gasteiger partial charge in [0.25, 0.3) is 0 Å². The number of aromatic nitrogens is 2. The van der Waals surface area contributed by atoms with Gasteiger partial charge >= 0.3 is 0 Å². The lowest BCUT2D eigenvalue weighted by molar-refractivity contribution is 0.441. The van der Waals surface area contributed by atoms with Gasteiger partial charge in [0.05, 0.1) is 0 Å². The Morgan fingerprint density at radius 1 is 1.31 bits per heavy atom. The third kappa shape index (κ3) is 3.77. The topological polar surface area (TPSA) is 41.1 Å². The molecule has 2 rings (SSSR count). The van der Waals surface area contributed by atoms with Gasteiger partial charge in [0.2, 0.25) is 5.95 Å². The summed E-state index contributed by atoms with van der Waals surface area (Å²) in [6, 6.07) is 2.38. The van der Waals surface area contributed by atoms with E-state index in [4.69, 9.17) is 0 Å². The molecule has 6 heteroatoms. The van der Waals surface area contributed by atoms with Gasteiger partial charge in [-0.25, -0.2) is 9.97 Å². The van der Waals surface area contributed by atoms with Crippen molar-refractivity contribution in [3.8, 4) is 0 Å². The number of halogens is 2. The molecule has 0 spiro atoms. The van der Waals surface area contributed by atoms with Crippen molar-refractivity contribution in [3.63, 3.8) is 0 Å². The summed E-state index contributed by atoms with van der Waals surface area (Å²) in [4.78, 5) is 10.6. The van der Waals surface area contributed by atoms with Crippen molar-refractivity contribution in [2.75, 3.05) is 25.0 Å². The van der Waals surface area contributed by atoms with Crippen LogP contribution < -0.4 is 10.2 Å². The minimum Gasteiger partial charge on any atom is -0.340 e. The molecule has 0 saturated carbocycles. The zero-order valence-electron chi connectivity index (χ0n) is 9.30. The molecule has 92 valence electrons. The first-order valence-corrected chi connectivity index (χ1v) is 5.08. The molecule has 16 heavy (non-hydrogen) atoms. The summed E-state index contributed by atoms with van der Waals surface area (Å²) in [6.45, 7) is 2.18. The summed E-state index contributed by atoms with van der Waals surface area (Å²) in [5, 5.41) is 3.39. The van der Waals surface area contributed by atoms with Crippen molar-refractivity contribution in [3.05, 3.63) is 18.5 Å². The maximum atomic E-state index is 4.24. The Morgan fingerprint density at radius 2 is 2.00 bits per heavy atom. The molecule has 2 heterocycles. The first kappa shape index (κ1) is 15.4. The van der Waals surface area contributed by atoms with Crippen molar-refractivity contribution >= 4 is 30.8 Å². The molecular weight excluding hydrogens is 247 g/mol. The molecule has 1 N–H and O–H groups in total. The standard InChI is InChI=1S/C10H16N4.2ClH/c1-14(9-4-2-5-11-8-9)10-12-6-3-7-13-10;;/h3,6-7,9,11H,2,4-5,8H2,1H3;2*1H. The largest absolute Gasteiger partial charge is 0.340 e. The van der Waals surface area contributed by atoms with Crippen molar-refractivity contribution in [2.45, 2.75) is 18.9 Å². The summed E-state index contributed by atoms with van der Waals surface area (Å²) >= 11 is 0. The molecule has 0 aromatic carbocycles. The molecular formula is C10H18Cl2N4. The molecule has 4 nitrogen and oxygen atoms in total. The fourth-order valence-electron chi connectivity index (χ4n) is 1.80. The zero-order chi connectivity index (χ0) is 9.80. The van der Waals surface area contributed by atoms with Crippen molar-refractivity contribution in [1.82, 2.24) is 15.3 Å². The minimum atomic E-state index is 0. The van der Waals surface area contributed by atoms with Gasteiger partial charge in [0, 0.05) is 32.0 Å². The second kappa shape index (κ2) is 7.65. The Bertz CT molecular complexity index is 277. The molecule has 0 amide bonds. The van der Waals surface area contributed by atoms with Crippen LogP contribution in [0.2, 0.25) is 0 Å². The van der Waals surface area contributed by atoms with E-state index in [9.17, 15) is 0 Å². The third-order valence-electron chi connectivity index (χ3n) is 2.69. The number of nitrogens with one attached hydrogen (secondary N) is 1. The van der Waals surface area contributed by atoms with Crippen molar-refractivity contribution < 1.29 is 0 Å². The number of hydrogen-bond donors (Lipinski definition) is 1. The number of likely N-dealkylation sites (N-methyl/N-ethyl adjacent to an activating group) is 1. The van der Waals surface area contributed by atoms with E-state index in [0.717, 1.165) is 19.0 Å². The Labute approximate surface area is 109 Å². The minimum absolute atomic E-state index is 0. The van der Waals surface area contributed by atoms with Gasteiger partial charge in [0.1, 0.15) is 0 Å². The lowest BCUT2D eigenvalue weighted by Crippen LogP contribution is -2.44. The summed E-state index contributed by atoms with van der Waals surface area (Å²) < 4.78 is 0. The summed E-state index contributed by atoms with van der Waals surface area (Å²) in [5.41, 5.74) is 0. The van der Waals surface area contributed by atoms with E-state index < -0.39 is 0 Å². The molecule has 1 aromatic rings.